The zero-order valence-corrected chi connectivity index (χ0v) is 16.1. The van der Waals surface area contributed by atoms with Gasteiger partial charge in [-0.25, -0.2) is 0 Å². The number of Topliss-reactive ketones (excluding diaryl/α,β-unsaturated/α-hetero) is 1. The fraction of sp³-hybridized carbons (Fsp3) is 0.950. The van der Waals surface area contributed by atoms with Gasteiger partial charge in [-0.15, -0.1) is 0 Å². The summed E-state index contributed by atoms with van der Waals surface area (Å²) in [6.07, 6.45) is 14.7. The van der Waals surface area contributed by atoms with Crippen LogP contribution in [-0.4, -0.2) is 41.3 Å². The Bertz CT molecular complexity index is 284. The molecule has 0 aliphatic carbocycles. The lowest BCUT2D eigenvalue weighted by atomic mass is 10.0. The second-order valence-corrected chi connectivity index (χ2v) is 6.96. The van der Waals surface area contributed by atoms with Crippen molar-refractivity contribution in [2.75, 3.05) is 13.2 Å². The van der Waals surface area contributed by atoms with E-state index in [1.54, 1.807) is 0 Å². The number of carbonyl (C=O) groups excluding carboxylic acids is 1. The topological polar surface area (TPSA) is 69.6 Å². The van der Waals surface area contributed by atoms with Gasteiger partial charge in [0.1, 0.15) is 5.78 Å². The van der Waals surface area contributed by atoms with Crippen molar-refractivity contribution >= 4 is 5.78 Å². The molecule has 0 amide bonds. The molecule has 0 aromatic heterocycles. The fourth-order valence-electron chi connectivity index (χ4n) is 2.97. The molecule has 2 atom stereocenters. The van der Waals surface area contributed by atoms with E-state index in [-0.39, 0.29) is 25.0 Å². The summed E-state index contributed by atoms with van der Waals surface area (Å²) in [5.74, 6) is 0.235. The zero-order chi connectivity index (χ0) is 18.0. The van der Waals surface area contributed by atoms with E-state index < -0.39 is 6.10 Å². The summed E-state index contributed by atoms with van der Waals surface area (Å²) < 4.78 is 0. The lowest BCUT2D eigenvalue weighted by Gasteiger charge is -2.17. The van der Waals surface area contributed by atoms with Crippen molar-refractivity contribution < 1.29 is 15.0 Å². The van der Waals surface area contributed by atoms with E-state index in [0.29, 0.717) is 6.42 Å². The average Bonchev–Trinajstić information content (AvgIpc) is 2.59. The smallest absolute Gasteiger partial charge is 0.149 e. The number of rotatable bonds is 18. The van der Waals surface area contributed by atoms with Gasteiger partial charge < -0.3 is 15.5 Å². The highest BCUT2D eigenvalue weighted by molar-refractivity contribution is 5.83. The summed E-state index contributed by atoms with van der Waals surface area (Å²) in [5, 5.41) is 21.2. The predicted octanol–water partition coefficient (Wildman–Crippen LogP) is 3.98. The molecule has 4 nitrogen and oxygen atoms in total. The molecule has 0 radical (unpaired) electrons. The summed E-state index contributed by atoms with van der Waals surface area (Å²) in [6.45, 7) is 4.23. The first kappa shape index (κ1) is 23.5. The van der Waals surface area contributed by atoms with Crippen LogP contribution in [0, 0.1) is 0 Å². The largest absolute Gasteiger partial charge is 0.394 e. The van der Waals surface area contributed by atoms with Gasteiger partial charge in [0.25, 0.3) is 0 Å². The third-order valence-corrected chi connectivity index (χ3v) is 4.63. The van der Waals surface area contributed by atoms with Crippen LogP contribution in [0.2, 0.25) is 0 Å². The molecule has 0 spiro atoms. The fourth-order valence-corrected chi connectivity index (χ4v) is 2.97. The molecular formula is C20H41NO3. The minimum absolute atomic E-state index is 0.186. The molecule has 0 rings (SSSR count). The molecule has 3 N–H and O–H groups in total. The number of hydrogen-bond acceptors (Lipinski definition) is 4. The van der Waals surface area contributed by atoms with E-state index in [0.717, 1.165) is 19.3 Å². The minimum atomic E-state index is -0.783. The number of aliphatic hydroxyl groups is 2. The second kappa shape index (κ2) is 17.4. The Morgan fingerprint density at radius 1 is 0.875 bits per heavy atom. The van der Waals surface area contributed by atoms with E-state index >= 15 is 0 Å². The van der Waals surface area contributed by atoms with E-state index in [2.05, 4.69) is 12.2 Å². The normalized spacial score (nSPS) is 13.8. The minimum Gasteiger partial charge on any atom is -0.394 e. The van der Waals surface area contributed by atoms with Crippen molar-refractivity contribution in [1.82, 2.24) is 5.32 Å². The van der Waals surface area contributed by atoms with Gasteiger partial charge in [-0.3, -0.25) is 4.79 Å². The monoisotopic (exact) mass is 343 g/mol. The maximum atomic E-state index is 12.1. The number of aliphatic hydroxyl groups excluding tert-OH is 2. The maximum Gasteiger partial charge on any atom is 0.149 e. The van der Waals surface area contributed by atoms with E-state index in [4.69, 9.17) is 5.11 Å². The zero-order valence-electron chi connectivity index (χ0n) is 16.1. The first-order valence-electron chi connectivity index (χ1n) is 10.2. The van der Waals surface area contributed by atoms with Crippen LogP contribution in [0.5, 0.6) is 0 Å². The number of hydrogen-bond donors (Lipinski definition) is 3. The molecular weight excluding hydrogens is 302 g/mol. The Labute approximate surface area is 149 Å². The molecule has 2 unspecified atom stereocenters. The first-order valence-corrected chi connectivity index (χ1v) is 10.2. The summed E-state index contributed by atoms with van der Waals surface area (Å²) in [7, 11) is 0. The van der Waals surface area contributed by atoms with Gasteiger partial charge in [0.15, 0.2) is 0 Å². The van der Waals surface area contributed by atoms with Crippen molar-refractivity contribution in [3.63, 3.8) is 0 Å². The number of unbranched alkanes of at least 4 members (excludes halogenated alkanes) is 10. The second-order valence-electron chi connectivity index (χ2n) is 6.96. The Balaban J connectivity index is 3.49. The van der Waals surface area contributed by atoms with Gasteiger partial charge in [0, 0.05) is 13.0 Å². The predicted molar refractivity (Wildman–Crippen MR) is 101 cm³/mol. The van der Waals surface area contributed by atoms with E-state index in [1.165, 1.54) is 57.8 Å². The summed E-state index contributed by atoms with van der Waals surface area (Å²) in [5.41, 5.74) is 0. The van der Waals surface area contributed by atoms with Crippen molar-refractivity contribution in [2.24, 2.45) is 0 Å². The molecule has 0 bridgehead atoms. The standard InChI is InChI=1S/C20H41NO3/c1-3-5-6-7-8-9-10-11-12-13-14-15-20(24)19(4-2)21-16-18(23)17-22/h18-19,21-23H,3-17H2,1-2H3. The van der Waals surface area contributed by atoms with Crippen LogP contribution >= 0.6 is 0 Å². The maximum absolute atomic E-state index is 12.1. The molecule has 4 heteroatoms. The van der Waals surface area contributed by atoms with Crippen molar-refractivity contribution in [3.05, 3.63) is 0 Å². The highest BCUT2D eigenvalue weighted by Gasteiger charge is 2.16. The highest BCUT2D eigenvalue weighted by atomic mass is 16.3. The summed E-state index contributed by atoms with van der Waals surface area (Å²) in [6, 6.07) is -0.186. The van der Waals surface area contributed by atoms with Crippen molar-refractivity contribution in [3.8, 4) is 0 Å². The van der Waals surface area contributed by atoms with Crippen LogP contribution in [0.15, 0.2) is 0 Å². The van der Waals surface area contributed by atoms with Gasteiger partial charge >= 0.3 is 0 Å². The van der Waals surface area contributed by atoms with Crippen molar-refractivity contribution in [2.45, 2.75) is 109 Å². The lowest BCUT2D eigenvalue weighted by molar-refractivity contribution is -0.121. The van der Waals surface area contributed by atoms with Gasteiger partial charge in [-0.1, -0.05) is 78.1 Å². The first-order chi connectivity index (χ1) is 11.7. The van der Waals surface area contributed by atoms with Gasteiger partial charge in [-0.2, -0.15) is 0 Å². The Kier molecular flexibility index (Phi) is 17.0. The van der Waals surface area contributed by atoms with Crippen LogP contribution in [0.3, 0.4) is 0 Å². The van der Waals surface area contributed by atoms with Crippen LogP contribution in [0.1, 0.15) is 97.3 Å². The summed E-state index contributed by atoms with van der Waals surface area (Å²) in [4.78, 5) is 12.1. The molecule has 0 aromatic carbocycles. The van der Waals surface area contributed by atoms with E-state index in [9.17, 15) is 9.90 Å². The third kappa shape index (κ3) is 13.9. The number of nitrogens with one attached hydrogen (secondary N) is 1. The quantitative estimate of drug-likeness (QED) is 0.329. The molecule has 0 aliphatic heterocycles. The Morgan fingerprint density at radius 2 is 1.38 bits per heavy atom. The molecule has 0 aromatic rings. The van der Waals surface area contributed by atoms with Crippen LogP contribution < -0.4 is 5.32 Å². The highest BCUT2D eigenvalue weighted by Crippen LogP contribution is 2.12. The third-order valence-electron chi connectivity index (χ3n) is 4.63. The number of ketones is 1. The molecule has 24 heavy (non-hydrogen) atoms. The average molecular weight is 344 g/mol. The van der Waals surface area contributed by atoms with Crippen molar-refractivity contribution in [1.29, 1.82) is 0 Å². The molecule has 0 fully saturated rings. The van der Waals surface area contributed by atoms with Crippen LogP contribution in [-0.2, 0) is 4.79 Å². The molecule has 144 valence electrons. The molecule has 0 saturated heterocycles. The van der Waals surface area contributed by atoms with Gasteiger partial charge in [0.05, 0.1) is 18.8 Å². The Morgan fingerprint density at radius 3 is 1.83 bits per heavy atom. The molecule has 0 saturated carbocycles. The van der Waals surface area contributed by atoms with E-state index in [1.807, 2.05) is 6.92 Å². The summed E-state index contributed by atoms with van der Waals surface area (Å²) >= 11 is 0. The molecule has 0 aliphatic rings. The number of carbonyl (C=O) groups is 1. The van der Waals surface area contributed by atoms with Gasteiger partial charge in [0.2, 0.25) is 0 Å². The Hall–Kier alpha value is -0.450. The lowest BCUT2D eigenvalue weighted by Crippen LogP contribution is -2.41. The molecule has 0 heterocycles. The van der Waals surface area contributed by atoms with Crippen LogP contribution in [0.25, 0.3) is 0 Å². The SMILES string of the molecule is CCCCCCCCCCCCCC(=O)C(CC)NCC(O)CO. The van der Waals surface area contributed by atoms with Gasteiger partial charge in [-0.05, 0) is 12.8 Å². The van der Waals surface area contributed by atoms with Crippen LogP contribution in [0.4, 0.5) is 0 Å².